The van der Waals surface area contributed by atoms with Gasteiger partial charge >= 0.3 is 0 Å². The van der Waals surface area contributed by atoms with Crippen LogP contribution in [0.25, 0.3) is 0 Å². The molecule has 0 radical (unpaired) electrons. The second kappa shape index (κ2) is 4.54. The van der Waals surface area contributed by atoms with Crippen LogP contribution in [0.5, 0.6) is 11.5 Å². The first kappa shape index (κ1) is 9.63. The third-order valence-electron chi connectivity index (χ3n) is 1.51. The van der Waals surface area contributed by atoms with E-state index in [2.05, 4.69) is 0 Å². The lowest BCUT2D eigenvalue weighted by Gasteiger charge is -2.06. The Kier molecular flexibility index (Phi) is 3.64. The Balaban J connectivity index is 3.02. The van der Waals surface area contributed by atoms with Crippen molar-refractivity contribution in [2.45, 2.75) is 0 Å². The van der Waals surface area contributed by atoms with Crippen molar-refractivity contribution in [3.8, 4) is 11.5 Å². The third kappa shape index (κ3) is 2.02. The molecule has 1 aromatic rings. The van der Waals surface area contributed by atoms with Crippen molar-refractivity contribution in [2.24, 2.45) is 0 Å². The average Bonchev–Trinajstić information content (AvgIpc) is 2.16. The van der Waals surface area contributed by atoms with Crippen LogP contribution < -0.4 is 14.8 Å². The first-order valence-corrected chi connectivity index (χ1v) is 5.41. The summed E-state index contributed by atoms with van der Waals surface area (Å²) >= 11 is 5.73. The quantitative estimate of drug-likeness (QED) is 0.703. The van der Waals surface area contributed by atoms with Crippen molar-refractivity contribution < 1.29 is 9.47 Å². The molecular formula is C8H10ClO2P. The van der Waals surface area contributed by atoms with Gasteiger partial charge in [-0.25, -0.2) is 0 Å². The summed E-state index contributed by atoms with van der Waals surface area (Å²) in [5.74, 6) is 1.61. The monoisotopic (exact) mass is 204 g/mol. The maximum Gasteiger partial charge on any atom is 0.127 e. The van der Waals surface area contributed by atoms with Crippen molar-refractivity contribution in [2.75, 3.05) is 14.2 Å². The molecule has 0 aliphatic heterocycles. The molecule has 1 unspecified atom stereocenters. The minimum absolute atomic E-state index is 0.202. The van der Waals surface area contributed by atoms with Crippen LogP contribution >= 0.6 is 19.2 Å². The van der Waals surface area contributed by atoms with Crippen LogP contribution in [0.2, 0.25) is 0 Å². The van der Waals surface area contributed by atoms with Gasteiger partial charge in [-0.3, -0.25) is 0 Å². The van der Waals surface area contributed by atoms with Gasteiger partial charge in [0, 0.05) is 13.2 Å². The van der Waals surface area contributed by atoms with Gasteiger partial charge in [0.2, 0.25) is 0 Å². The van der Waals surface area contributed by atoms with Gasteiger partial charge in [0.25, 0.3) is 0 Å². The van der Waals surface area contributed by atoms with E-state index in [1.807, 2.05) is 18.2 Å². The van der Waals surface area contributed by atoms with Crippen LogP contribution in [-0.2, 0) is 0 Å². The Hall–Kier alpha value is -0.460. The number of ether oxygens (including phenoxy) is 2. The standard InChI is InChI=1S/C8H10ClO2P/c1-10-6-3-4-7(11-2)8(5-6)12-9/h3-5,12H,1-2H3. The van der Waals surface area contributed by atoms with E-state index in [4.69, 9.17) is 20.7 Å². The summed E-state index contributed by atoms with van der Waals surface area (Å²) in [5.41, 5.74) is 0. The Morgan fingerprint density at radius 2 is 2.00 bits per heavy atom. The summed E-state index contributed by atoms with van der Waals surface area (Å²) in [6.45, 7) is 0. The summed E-state index contributed by atoms with van der Waals surface area (Å²) in [5, 5.41) is 0.971. The molecular weight excluding hydrogens is 195 g/mol. The highest BCUT2D eigenvalue weighted by Gasteiger charge is 2.02. The van der Waals surface area contributed by atoms with E-state index in [0.29, 0.717) is 0 Å². The van der Waals surface area contributed by atoms with Gasteiger partial charge in [0.05, 0.1) is 14.2 Å². The van der Waals surface area contributed by atoms with Crippen molar-refractivity contribution in [1.82, 2.24) is 0 Å². The highest BCUT2D eigenvalue weighted by molar-refractivity contribution is 7.75. The molecule has 0 fully saturated rings. The van der Waals surface area contributed by atoms with Crippen LogP contribution in [0, 0.1) is 0 Å². The highest BCUT2D eigenvalue weighted by Crippen LogP contribution is 2.25. The van der Waals surface area contributed by atoms with Crippen LogP contribution in [0.4, 0.5) is 0 Å². The molecule has 0 aliphatic rings. The summed E-state index contributed by atoms with van der Waals surface area (Å²) in [6, 6.07) is 5.58. The molecule has 12 heavy (non-hydrogen) atoms. The lowest BCUT2D eigenvalue weighted by atomic mass is 10.3. The van der Waals surface area contributed by atoms with Crippen LogP contribution in [0.15, 0.2) is 18.2 Å². The van der Waals surface area contributed by atoms with Gasteiger partial charge < -0.3 is 9.47 Å². The normalized spacial score (nSPS) is 10.6. The fraction of sp³-hybridized carbons (Fsp3) is 0.250. The number of hydrogen-bond donors (Lipinski definition) is 0. The van der Waals surface area contributed by atoms with Gasteiger partial charge in [-0.15, -0.1) is 0 Å². The Bertz CT molecular complexity index is 265. The molecule has 0 saturated carbocycles. The first-order chi connectivity index (χ1) is 5.81. The van der Waals surface area contributed by atoms with E-state index < -0.39 is 0 Å². The summed E-state index contributed by atoms with van der Waals surface area (Å²) in [6.07, 6.45) is 0. The number of rotatable bonds is 3. The predicted octanol–water partition coefficient (Wildman–Crippen LogP) is 2.16. The van der Waals surface area contributed by atoms with E-state index in [-0.39, 0.29) is 7.93 Å². The van der Waals surface area contributed by atoms with E-state index in [1.165, 1.54) is 0 Å². The lowest BCUT2D eigenvalue weighted by Crippen LogP contribution is -2.00. The molecule has 1 atom stereocenters. The van der Waals surface area contributed by atoms with E-state index >= 15 is 0 Å². The van der Waals surface area contributed by atoms with E-state index in [0.717, 1.165) is 16.8 Å². The molecule has 66 valence electrons. The zero-order valence-corrected chi connectivity index (χ0v) is 8.68. The second-order valence-corrected chi connectivity index (χ2v) is 3.46. The van der Waals surface area contributed by atoms with Crippen molar-refractivity contribution in [3.63, 3.8) is 0 Å². The molecule has 0 bridgehead atoms. The SMILES string of the molecule is COc1ccc(OC)c(PCl)c1. The molecule has 2 nitrogen and oxygen atoms in total. The molecule has 0 N–H and O–H groups in total. The number of benzene rings is 1. The molecule has 0 spiro atoms. The van der Waals surface area contributed by atoms with Gasteiger partial charge in [-0.2, -0.15) is 0 Å². The largest absolute Gasteiger partial charge is 0.497 e. The predicted molar refractivity (Wildman–Crippen MR) is 53.3 cm³/mol. The van der Waals surface area contributed by atoms with Crippen LogP contribution in [0.1, 0.15) is 0 Å². The molecule has 0 saturated heterocycles. The summed E-state index contributed by atoms with van der Waals surface area (Å²) in [7, 11) is 3.46. The zero-order valence-electron chi connectivity index (χ0n) is 6.93. The van der Waals surface area contributed by atoms with Crippen molar-refractivity contribution in [3.05, 3.63) is 18.2 Å². The molecule has 0 aliphatic carbocycles. The molecule has 0 aromatic heterocycles. The fourth-order valence-electron chi connectivity index (χ4n) is 0.888. The lowest BCUT2D eigenvalue weighted by molar-refractivity contribution is 0.406. The third-order valence-corrected chi connectivity index (χ3v) is 2.71. The van der Waals surface area contributed by atoms with Gasteiger partial charge in [0.15, 0.2) is 0 Å². The number of methoxy groups -OCH3 is 2. The van der Waals surface area contributed by atoms with E-state index in [1.54, 1.807) is 14.2 Å². The van der Waals surface area contributed by atoms with Gasteiger partial charge in [0.1, 0.15) is 11.5 Å². The first-order valence-electron chi connectivity index (χ1n) is 3.40. The Morgan fingerprint density at radius 1 is 1.25 bits per heavy atom. The minimum atomic E-state index is 0.202. The fourth-order valence-corrected chi connectivity index (χ4v) is 1.81. The van der Waals surface area contributed by atoms with Gasteiger partial charge in [-0.05, 0) is 18.2 Å². The maximum atomic E-state index is 5.73. The molecule has 4 heteroatoms. The number of hydrogen-bond acceptors (Lipinski definition) is 2. The molecule has 1 rings (SSSR count). The summed E-state index contributed by atoms with van der Waals surface area (Å²) in [4.78, 5) is 0. The molecule has 1 aromatic carbocycles. The topological polar surface area (TPSA) is 18.5 Å². The van der Waals surface area contributed by atoms with Crippen LogP contribution in [-0.4, -0.2) is 14.2 Å². The van der Waals surface area contributed by atoms with Crippen molar-refractivity contribution in [1.29, 1.82) is 0 Å². The smallest absolute Gasteiger partial charge is 0.127 e. The Labute approximate surface area is 78.4 Å². The van der Waals surface area contributed by atoms with Crippen LogP contribution in [0.3, 0.4) is 0 Å². The van der Waals surface area contributed by atoms with E-state index in [9.17, 15) is 0 Å². The van der Waals surface area contributed by atoms with Crippen molar-refractivity contribution >= 4 is 24.5 Å². The van der Waals surface area contributed by atoms with Gasteiger partial charge in [-0.1, -0.05) is 11.2 Å². The Morgan fingerprint density at radius 3 is 2.50 bits per heavy atom. The zero-order chi connectivity index (χ0) is 8.97. The number of halogens is 1. The second-order valence-electron chi connectivity index (χ2n) is 2.16. The maximum absolute atomic E-state index is 5.73. The minimum Gasteiger partial charge on any atom is -0.497 e. The summed E-state index contributed by atoms with van der Waals surface area (Å²) < 4.78 is 10.1. The average molecular weight is 205 g/mol. The molecule has 0 amide bonds. The highest BCUT2D eigenvalue weighted by atomic mass is 35.7. The molecule has 0 heterocycles.